The SMILES string of the molecule is Cc1cc(CBr)cnc1Oc1c(Cl)cc([N+](=O)[O-])cc1Cl. The zero-order valence-electron chi connectivity index (χ0n) is 10.8. The van der Waals surface area contributed by atoms with Crippen molar-refractivity contribution < 1.29 is 9.66 Å². The van der Waals surface area contributed by atoms with E-state index in [1.165, 1.54) is 12.1 Å². The summed E-state index contributed by atoms with van der Waals surface area (Å²) in [6.07, 6.45) is 1.66. The van der Waals surface area contributed by atoms with Crippen LogP contribution in [0.2, 0.25) is 10.0 Å². The molecule has 0 bridgehead atoms. The number of rotatable bonds is 4. The third-order valence-electron chi connectivity index (χ3n) is 2.63. The summed E-state index contributed by atoms with van der Waals surface area (Å²) in [6.45, 7) is 1.84. The summed E-state index contributed by atoms with van der Waals surface area (Å²) in [5, 5.41) is 11.5. The van der Waals surface area contributed by atoms with Gasteiger partial charge in [0.1, 0.15) is 0 Å². The van der Waals surface area contributed by atoms with Crippen molar-refractivity contribution in [1.82, 2.24) is 4.98 Å². The second-order valence-corrected chi connectivity index (χ2v) is 5.57. The summed E-state index contributed by atoms with van der Waals surface area (Å²) in [5.41, 5.74) is 1.61. The van der Waals surface area contributed by atoms with Crippen LogP contribution in [0.15, 0.2) is 24.4 Å². The molecule has 2 aromatic rings. The summed E-state index contributed by atoms with van der Waals surface area (Å²) < 4.78 is 5.59. The molecule has 0 fully saturated rings. The molecule has 110 valence electrons. The summed E-state index contributed by atoms with van der Waals surface area (Å²) in [6, 6.07) is 4.28. The zero-order chi connectivity index (χ0) is 15.6. The molecule has 1 heterocycles. The molecule has 0 atom stereocenters. The number of benzene rings is 1. The van der Waals surface area contributed by atoms with Gasteiger partial charge in [-0.25, -0.2) is 4.98 Å². The Morgan fingerprint density at radius 1 is 1.33 bits per heavy atom. The minimum Gasteiger partial charge on any atom is -0.436 e. The Balaban J connectivity index is 2.38. The number of hydrogen-bond acceptors (Lipinski definition) is 4. The number of hydrogen-bond donors (Lipinski definition) is 0. The fraction of sp³-hybridized carbons (Fsp3) is 0.154. The van der Waals surface area contributed by atoms with Crippen LogP contribution in [0.5, 0.6) is 11.6 Å². The van der Waals surface area contributed by atoms with Gasteiger partial charge in [0.15, 0.2) is 5.75 Å². The van der Waals surface area contributed by atoms with Gasteiger partial charge in [0.25, 0.3) is 5.69 Å². The van der Waals surface area contributed by atoms with Gasteiger partial charge in [-0.1, -0.05) is 39.1 Å². The molecule has 8 heteroatoms. The van der Waals surface area contributed by atoms with E-state index >= 15 is 0 Å². The van der Waals surface area contributed by atoms with Crippen molar-refractivity contribution >= 4 is 44.8 Å². The maximum absolute atomic E-state index is 10.7. The van der Waals surface area contributed by atoms with Crippen LogP contribution in [-0.2, 0) is 5.33 Å². The highest BCUT2D eigenvalue weighted by molar-refractivity contribution is 9.08. The van der Waals surface area contributed by atoms with E-state index in [9.17, 15) is 10.1 Å². The summed E-state index contributed by atoms with van der Waals surface area (Å²) in [5.74, 6) is 0.489. The third kappa shape index (κ3) is 3.64. The fourth-order valence-electron chi connectivity index (χ4n) is 1.65. The molecule has 1 aromatic heterocycles. The third-order valence-corrected chi connectivity index (χ3v) is 3.84. The molecule has 2 rings (SSSR count). The first kappa shape index (κ1) is 16.0. The van der Waals surface area contributed by atoms with E-state index in [4.69, 9.17) is 27.9 Å². The van der Waals surface area contributed by atoms with Gasteiger partial charge in [-0.3, -0.25) is 10.1 Å². The van der Waals surface area contributed by atoms with E-state index in [1.807, 2.05) is 13.0 Å². The molecule has 21 heavy (non-hydrogen) atoms. The lowest BCUT2D eigenvalue weighted by molar-refractivity contribution is -0.384. The molecular weight excluding hydrogens is 383 g/mol. The normalized spacial score (nSPS) is 10.5. The van der Waals surface area contributed by atoms with Crippen LogP contribution in [0, 0.1) is 17.0 Å². The van der Waals surface area contributed by atoms with Gasteiger partial charge in [-0.2, -0.15) is 0 Å². The number of alkyl halides is 1. The molecular formula is C13H9BrCl2N2O3. The maximum Gasteiger partial charge on any atom is 0.272 e. The Labute approximate surface area is 139 Å². The second-order valence-electron chi connectivity index (χ2n) is 4.20. The summed E-state index contributed by atoms with van der Waals surface area (Å²) >= 11 is 15.3. The van der Waals surface area contributed by atoms with Crippen molar-refractivity contribution in [2.75, 3.05) is 0 Å². The Morgan fingerprint density at radius 2 is 1.95 bits per heavy atom. The van der Waals surface area contributed by atoms with Crippen LogP contribution in [-0.4, -0.2) is 9.91 Å². The Kier molecular flexibility index (Phi) is 5.03. The molecule has 0 saturated heterocycles. The molecule has 1 aromatic carbocycles. The van der Waals surface area contributed by atoms with Crippen LogP contribution >= 0.6 is 39.1 Å². The molecule has 0 saturated carbocycles. The van der Waals surface area contributed by atoms with Gasteiger partial charge in [0.2, 0.25) is 5.88 Å². The average molecular weight is 392 g/mol. The molecule has 0 aliphatic carbocycles. The van der Waals surface area contributed by atoms with E-state index < -0.39 is 4.92 Å². The molecule has 0 spiro atoms. The second kappa shape index (κ2) is 6.60. The Morgan fingerprint density at radius 3 is 2.43 bits per heavy atom. The monoisotopic (exact) mass is 390 g/mol. The Hall–Kier alpha value is -1.37. The standard InChI is InChI=1S/C13H9BrCl2N2O3/c1-7-2-8(5-14)6-17-13(7)21-12-10(15)3-9(18(19)20)4-11(12)16/h2-4,6H,5H2,1H3. The largest absolute Gasteiger partial charge is 0.436 e. The van der Waals surface area contributed by atoms with Crippen LogP contribution < -0.4 is 4.74 Å². The Bertz CT molecular complexity index is 687. The number of halogens is 3. The van der Waals surface area contributed by atoms with Crippen molar-refractivity contribution in [3.63, 3.8) is 0 Å². The fourth-order valence-corrected chi connectivity index (χ4v) is 2.51. The number of nitrogens with zero attached hydrogens (tertiary/aromatic N) is 2. The number of pyridine rings is 1. The van der Waals surface area contributed by atoms with Crippen molar-refractivity contribution in [2.45, 2.75) is 12.3 Å². The molecule has 5 nitrogen and oxygen atoms in total. The summed E-state index contributed by atoms with van der Waals surface area (Å²) in [7, 11) is 0. The highest BCUT2D eigenvalue weighted by Crippen LogP contribution is 2.39. The van der Waals surface area contributed by atoms with Crippen molar-refractivity contribution in [3.05, 3.63) is 55.7 Å². The predicted octanol–water partition coefficient (Wildman–Crippen LogP) is 5.29. The number of nitro benzene ring substituents is 1. The highest BCUT2D eigenvalue weighted by Gasteiger charge is 2.17. The first-order valence-corrected chi connectivity index (χ1v) is 7.63. The molecule has 0 aliphatic heterocycles. The lowest BCUT2D eigenvalue weighted by Gasteiger charge is -2.11. The first-order chi connectivity index (χ1) is 9.92. The summed E-state index contributed by atoms with van der Waals surface area (Å²) in [4.78, 5) is 14.3. The van der Waals surface area contributed by atoms with Crippen LogP contribution in [0.25, 0.3) is 0 Å². The van der Waals surface area contributed by atoms with Crippen LogP contribution in [0.1, 0.15) is 11.1 Å². The minimum atomic E-state index is -0.574. The van der Waals surface area contributed by atoms with E-state index in [0.717, 1.165) is 11.1 Å². The van der Waals surface area contributed by atoms with E-state index in [0.29, 0.717) is 11.2 Å². The predicted molar refractivity (Wildman–Crippen MR) is 84.8 cm³/mol. The zero-order valence-corrected chi connectivity index (χ0v) is 13.9. The van der Waals surface area contributed by atoms with Crippen LogP contribution in [0.3, 0.4) is 0 Å². The van der Waals surface area contributed by atoms with Crippen molar-refractivity contribution in [2.24, 2.45) is 0 Å². The van der Waals surface area contributed by atoms with Crippen molar-refractivity contribution in [1.29, 1.82) is 0 Å². The quantitative estimate of drug-likeness (QED) is 0.403. The minimum absolute atomic E-state index is 0.0555. The molecule has 0 unspecified atom stereocenters. The number of ether oxygens (including phenoxy) is 1. The van der Waals surface area contributed by atoms with E-state index in [2.05, 4.69) is 20.9 Å². The highest BCUT2D eigenvalue weighted by atomic mass is 79.9. The number of aryl methyl sites for hydroxylation is 1. The molecule has 0 radical (unpaired) electrons. The van der Waals surface area contributed by atoms with E-state index in [-0.39, 0.29) is 21.5 Å². The van der Waals surface area contributed by atoms with Gasteiger partial charge in [0.05, 0.1) is 15.0 Å². The van der Waals surface area contributed by atoms with Crippen molar-refractivity contribution in [3.8, 4) is 11.6 Å². The average Bonchev–Trinajstić information content (AvgIpc) is 2.43. The number of non-ortho nitro benzene ring substituents is 1. The van der Waals surface area contributed by atoms with E-state index in [1.54, 1.807) is 6.20 Å². The number of nitro groups is 1. The maximum atomic E-state index is 10.7. The lowest BCUT2D eigenvalue weighted by atomic mass is 10.2. The molecule has 0 N–H and O–H groups in total. The lowest BCUT2D eigenvalue weighted by Crippen LogP contribution is -1.95. The van der Waals surface area contributed by atoms with Gasteiger partial charge in [0, 0.05) is 29.2 Å². The first-order valence-electron chi connectivity index (χ1n) is 5.75. The van der Waals surface area contributed by atoms with Gasteiger partial charge in [-0.05, 0) is 18.6 Å². The topological polar surface area (TPSA) is 65.3 Å². The van der Waals surface area contributed by atoms with Gasteiger partial charge >= 0.3 is 0 Å². The number of aromatic nitrogens is 1. The molecule has 0 amide bonds. The van der Waals surface area contributed by atoms with Gasteiger partial charge < -0.3 is 4.74 Å². The van der Waals surface area contributed by atoms with Crippen LogP contribution in [0.4, 0.5) is 5.69 Å². The molecule has 0 aliphatic rings. The van der Waals surface area contributed by atoms with Gasteiger partial charge in [-0.15, -0.1) is 0 Å². The smallest absolute Gasteiger partial charge is 0.272 e.